The Labute approximate surface area is 130 Å². The van der Waals surface area contributed by atoms with Gasteiger partial charge in [0.1, 0.15) is 11.6 Å². The molecule has 0 saturated heterocycles. The van der Waals surface area contributed by atoms with E-state index in [1.165, 1.54) is 24.3 Å². The number of aromatic hydroxyl groups is 1. The van der Waals surface area contributed by atoms with Crippen molar-refractivity contribution in [2.75, 3.05) is 20.6 Å². The third-order valence-electron chi connectivity index (χ3n) is 3.48. The zero-order chi connectivity index (χ0) is 16.1. The van der Waals surface area contributed by atoms with E-state index in [1.54, 1.807) is 24.3 Å². The van der Waals surface area contributed by atoms with E-state index in [0.29, 0.717) is 18.5 Å². The van der Waals surface area contributed by atoms with Crippen LogP contribution in [-0.4, -0.2) is 36.4 Å². The lowest BCUT2D eigenvalue weighted by atomic mass is 9.90. The van der Waals surface area contributed by atoms with E-state index >= 15 is 0 Å². The molecule has 0 saturated carbocycles. The Bertz CT molecular complexity index is 638. The highest BCUT2D eigenvalue weighted by molar-refractivity contribution is 5.98. The van der Waals surface area contributed by atoms with Gasteiger partial charge in [-0.1, -0.05) is 24.3 Å². The minimum Gasteiger partial charge on any atom is -0.508 e. The van der Waals surface area contributed by atoms with Gasteiger partial charge in [-0.15, -0.1) is 0 Å². The molecule has 0 heterocycles. The van der Waals surface area contributed by atoms with E-state index in [1.807, 2.05) is 19.0 Å². The molecule has 116 valence electrons. The summed E-state index contributed by atoms with van der Waals surface area (Å²) in [4.78, 5) is 14.6. The number of hydrogen-bond acceptors (Lipinski definition) is 3. The van der Waals surface area contributed by atoms with Crippen molar-refractivity contribution in [1.29, 1.82) is 0 Å². The van der Waals surface area contributed by atoms with Crippen molar-refractivity contribution in [3.8, 4) is 5.75 Å². The molecule has 4 heteroatoms. The predicted molar refractivity (Wildman–Crippen MR) is 84.6 cm³/mol. The molecule has 0 aliphatic heterocycles. The molecule has 0 amide bonds. The van der Waals surface area contributed by atoms with Crippen molar-refractivity contribution in [3.05, 3.63) is 65.5 Å². The maximum atomic E-state index is 13.0. The SMILES string of the molecule is CN(C)C[C@H](Cc1ccc(F)cc1)C(=O)c1cccc(O)c1. The molecule has 2 rings (SSSR count). The summed E-state index contributed by atoms with van der Waals surface area (Å²) in [7, 11) is 3.82. The molecule has 3 nitrogen and oxygen atoms in total. The fraction of sp³-hybridized carbons (Fsp3) is 0.278. The molecule has 0 spiro atoms. The maximum Gasteiger partial charge on any atom is 0.167 e. The second-order valence-electron chi connectivity index (χ2n) is 5.70. The number of Topliss-reactive ketones (excluding diaryl/α,β-unsaturated/α-hetero) is 1. The van der Waals surface area contributed by atoms with Crippen LogP contribution < -0.4 is 0 Å². The Morgan fingerprint density at radius 1 is 1.18 bits per heavy atom. The smallest absolute Gasteiger partial charge is 0.167 e. The summed E-state index contributed by atoms with van der Waals surface area (Å²) < 4.78 is 13.0. The first-order chi connectivity index (χ1) is 10.5. The number of halogens is 1. The van der Waals surface area contributed by atoms with Gasteiger partial charge in [-0.25, -0.2) is 4.39 Å². The predicted octanol–water partition coefficient (Wildman–Crippen LogP) is 3.13. The number of nitrogens with zero attached hydrogens (tertiary/aromatic N) is 1. The Morgan fingerprint density at radius 3 is 2.45 bits per heavy atom. The molecule has 0 fully saturated rings. The van der Waals surface area contributed by atoms with Gasteiger partial charge < -0.3 is 10.0 Å². The zero-order valence-electron chi connectivity index (χ0n) is 12.8. The molecule has 2 aromatic rings. The molecular formula is C18H20FNO2. The van der Waals surface area contributed by atoms with E-state index < -0.39 is 0 Å². The largest absolute Gasteiger partial charge is 0.508 e. The van der Waals surface area contributed by atoms with Crippen LogP contribution in [-0.2, 0) is 6.42 Å². The molecule has 0 radical (unpaired) electrons. The van der Waals surface area contributed by atoms with Gasteiger partial charge >= 0.3 is 0 Å². The first-order valence-corrected chi connectivity index (χ1v) is 7.18. The highest BCUT2D eigenvalue weighted by atomic mass is 19.1. The quantitative estimate of drug-likeness (QED) is 0.833. The summed E-state index contributed by atoms with van der Waals surface area (Å²) in [6, 6.07) is 12.6. The number of phenols is 1. The number of phenolic OH excluding ortho intramolecular Hbond substituents is 1. The molecular weight excluding hydrogens is 281 g/mol. The lowest BCUT2D eigenvalue weighted by Gasteiger charge is -2.20. The number of carbonyl (C=O) groups excluding carboxylic acids is 1. The first-order valence-electron chi connectivity index (χ1n) is 7.18. The Balaban J connectivity index is 2.21. The topological polar surface area (TPSA) is 40.5 Å². The lowest BCUT2D eigenvalue weighted by Crippen LogP contribution is -2.29. The van der Waals surface area contributed by atoms with E-state index in [4.69, 9.17) is 0 Å². The van der Waals surface area contributed by atoms with Crippen LogP contribution in [0.15, 0.2) is 48.5 Å². The molecule has 0 aliphatic carbocycles. The van der Waals surface area contributed by atoms with Crippen molar-refractivity contribution in [2.45, 2.75) is 6.42 Å². The van der Waals surface area contributed by atoms with Crippen molar-refractivity contribution in [1.82, 2.24) is 4.90 Å². The summed E-state index contributed by atoms with van der Waals surface area (Å²) in [5.41, 5.74) is 1.41. The van der Waals surface area contributed by atoms with E-state index in [0.717, 1.165) is 5.56 Å². The van der Waals surface area contributed by atoms with Crippen LogP contribution in [0.4, 0.5) is 4.39 Å². The fourth-order valence-corrected chi connectivity index (χ4v) is 2.48. The van der Waals surface area contributed by atoms with Crippen LogP contribution >= 0.6 is 0 Å². The number of carbonyl (C=O) groups is 1. The monoisotopic (exact) mass is 301 g/mol. The molecule has 1 N–H and O–H groups in total. The zero-order valence-corrected chi connectivity index (χ0v) is 12.8. The Morgan fingerprint density at radius 2 is 1.86 bits per heavy atom. The van der Waals surface area contributed by atoms with Crippen LogP contribution in [0.25, 0.3) is 0 Å². The first kappa shape index (κ1) is 16.2. The fourth-order valence-electron chi connectivity index (χ4n) is 2.48. The van der Waals surface area contributed by atoms with Crippen LogP contribution in [0.3, 0.4) is 0 Å². The number of ketones is 1. The van der Waals surface area contributed by atoms with Crippen LogP contribution in [0, 0.1) is 11.7 Å². The standard InChI is InChI=1S/C18H20FNO2/c1-20(2)12-15(10-13-6-8-16(19)9-7-13)18(22)14-4-3-5-17(21)11-14/h3-9,11,15,21H,10,12H2,1-2H3/t15-/m0/s1. The third-order valence-corrected chi connectivity index (χ3v) is 3.48. The van der Waals surface area contributed by atoms with Crippen LogP contribution in [0.2, 0.25) is 0 Å². The third kappa shape index (κ3) is 4.40. The van der Waals surface area contributed by atoms with Crippen molar-refractivity contribution < 1.29 is 14.3 Å². The van der Waals surface area contributed by atoms with Gasteiger partial charge in [0.25, 0.3) is 0 Å². The summed E-state index contributed by atoms with van der Waals surface area (Å²) in [5.74, 6) is -0.473. The van der Waals surface area contributed by atoms with Gasteiger partial charge in [-0.3, -0.25) is 4.79 Å². The van der Waals surface area contributed by atoms with Crippen LogP contribution in [0.1, 0.15) is 15.9 Å². The number of hydrogen-bond donors (Lipinski definition) is 1. The van der Waals surface area contributed by atoms with Gasteiger partial charge in [0.05, 0.1) is 0 Å². The second kappa shape index (κ2) is 7.18. The summed E-state index contributed by atoms with van der Waals surface area (Å²) >= 11 is 0. The molecule has 0 unspecified atom stereocenters. The molecule has 0 bridgehead atoms. The van der Waals surface area contributed by atoms with Crippen molar-refractivity contribution >= 4 is 5.78 Å². The molecule has 0 aromatic heterocycles. The minimum absolute atomic E-state index is 0.0195. The average molecular weight is 301 g/mol. The van der Waals surface area contributed by atoms with E-state index in [9.17, 15) is 14.3 Å². The van der Waals surface area contributed by atoms with Gasteiger partial charge in [0.15, 0.2) is 5.78 Å². The van der Waals surface area contributed by atoms with E-state index in [-0.39, 0.29) is 23.3 Å². The number of benzene rings is 2. The van der Waals surface area contributed by atoms with Gasteiger partial charge in [-0.2, -0.15) is 0 Å². The minimum atomic E-state index is -0.285. The van der Waals surface area contributed by atoms with Gasteiger partial charge in [0.2, 0.25) is 0 Å². The summed E-state index contributed by atoms with van der Waals surface area (Å²) in [6.45, 7) is 0.589. The molecule has 1 atom stereocenters. The highest BCUT2D eigenvalue weighted by Gasteiger charge is 2.21. The second-order valence-corrected chi connectivity index (χ2v) is 5.70. The Kier molecular flexibility index (Phi) is 5.28. The van der Waals surface area contributed by atoms with Gasteiger partial charge in [0, 0.05) is 18.0 Å². The van der Waals surface area contributed by atoms with Crippen molar-refractivity contribution in [2.24, 2.45) is 5.92 Å². The lowest BCUT2D eigenvalue weighted by molar-refractivity contribution is 0.0896. The molecule has 0 aliphatic rings. The normalized spacial score (nSPS) is 12.4. The summed E-state index contributed by atoms with van der Waals surface area (Å²) in [6.07, 6.45) is 0.535. The maximum absolute atomic E-state index is 13.0. The van der Waals surface area contributed by atoms with Gasteiger partial charge in [-0.05, 0) is 50.3 Å². The van der Waals surface area contributed by atoms with E-state index in [2.05, 4.69) is 0 Å². The van der Waals surface area contributed by atoms with Crippen molar-refractivity contribution in [3.63, 3.8) is 0 Å². The number of rotatable bonds is 6. The van der Waals surface area contributed by atoms with Crippen LogP contribution in [0.5, 0.6) is 5.75 Å². The average Bonchev–Trinajstić information content (AvgIpc) is 2.47. The highest BCUT2D eigenvalue weighted by Crippen LogP contribution is 2.19. The molecule has 2 aromatic carbocycles. The Hall–Kier alpha value is -2.20. The molecule has 22 heavy (non-hydrogen) atoms. The summed E-state index contributed by atoms with van der Waals surface area (Å²) in [5, 5.41) is 9.54.